The molecule has 63 heavy (non-hydrogen) atoms. The first-order chi connectivity index (χ1) is 29.8. The van der Waals surface area contributed by atoms with Crippen molar-refractivity contribution >= 4 is 60.7 Å². The van der Waals surface area contributed by atoms with Gasteiger partial charge in [-0.25, -0.2) is 26.4 Å². The van der Waals surface area contributed by atoms with Gasteiger partial charge in [0.05, 0.1) is 27.2 Å². The number of fused-ring (bicyclic) bond motifs is 2. The Morgan fingerprint density at radius 2 is 1.21 bits per heavy atom. The normalized spacial score (nSPS) is 17.6. The Balaban J connectivity index is 0.000000210. The van der Waals surface area contributed by atoms with Crippen molar-refractivity contribution < 1.29 is 46.2 Å². The first kappa shape index (κ1) is 46.2. The monoisotopic (exact) mass is 893 g/mol. The molecular weight excluding hydrogens is 843 g/mol. The van der Waals surface area contributed by atoms with E-state index >= 15 is 0 Å². The van der Waals surface area contributed by atoms with Crippen LogP contribution in [0, 0.1) is 16.7 Å². The van der Waals surface area contributed by atoms with Gasteiger partial charge in [-0.2, -0.15) is 0 Å². The van der Waals surface area contributed by atoms with Crippen molar-refractivity contribution in [3.8, 4) is 0 Å². The minimum absolute atomic E-state index is 0.0787. The third-order valence-corrected chi connectivity index (χ3v) is 15.1. The summed E-state index contributed by atoms with van der Waals surface area (Å²) in [5, 5.41) is 21.2. The molecule has 5 aromatic carbocycles. The lowest BCUT2D eigenvalue weighted by atomic mass is 9.70. The standard InChI is InChI=1S/C25H29NO5S.C23H22N2O5S/c1-24(2)19-12-13-25(24,22(27)15-19)16-32(30,31)26-20-8-5-6-17(14-20)10-11-18-7-3-4-9-21(18)23(28)29;1-16(26)24-19-12-14-21(15-13-19)31(29,30)25-20-10-7-17(8-11-20)6-9-18-4-2-3-5-22(18)23(27)28/h3-9,14,19,26H,10-13,15-16H2,1-2H3,(H,28,29);2-5,7-8,10-15,25H,6,9H2,1H3,(H,24,26)(H,27,28). The Morgan fingerprint density at radius 3 is 1.73 bits per heavy atom. The summed E-state index contributed by atoms with van der Waals surface area (Å²) >= 11 is 0. The minimum atomic E-state index is -3.77. The molecular formula is C48H51N3O10S2. The number of carbonyl (C=O) groups excluding carboxylic acids is 2. The van der Waals surface area contributed by atoms with Gasteiger partial charge in [0, 0.05) is 30.4 Å². The molecule has 13 nitrogen and oxygen atoms in total. The zero-order valence-electron chi connectivity index (χ0n) is 35.3. The van der Waals surface area contributed by atoms with Crippen LogP contribution in [0.1, 0.15) is 83.0 Å². The third-order valence-electron chi connectivity index (χ3n) is 12.3. The van der Waals surface area contributed by atoms with E-state index in [0.29, 0.717) is 55.6 Å². The molecule has 0 radical (unpaired) electrons. The maximum Gasteiger partial charge on any atom is 0.335 e. The predicted octanol–water partition coefficient (Wildman–Crippen LogP) is 8.24. The minimum Gasteiger partial charge on any atom is -0.478 e. The van der Waals surface area contributed by atoms with Crippen molar-refractivity contribution in [3.63, 3.8) is 0 Å². The predicted molar refractivity (Wildman–Crippen MR) is 242 cm³/mol. The molecule has 2 aliphatic rings. The van der Waals surface area contributed by atoms with E-state index in [-0.39, 0.29) is 44.8 Å². The maximum absolute atomic E-state index is 13.1. The average molecular weight is 894 g/mol. The van der Waals surface area contributed by atoms with Crippen LogP contribution in [0.15, 0.2) is 126 Å². The molecule has 1 amide bonds. The molecule has 2 aliphatic carbocycles. The Kier molecular flexibility index (Phi) is 13.9. The molecule has 0 saturated heterocycles. The molecule has 5 N–H and O–H groups in total. The smallest absolute Gasteiger partial charge is 0.335 e. The molecule has 330 valence electrons. The summed E-state index contributed by atoms with van der Waals surface area (Å²) in [5.41, 5.74) is 4.21. The first-order valence-electron chi connectivity index (χ1n) is 20.5. The number of hydrogen-bond acceptors (Lipinski definition) is 8. The Bertz CT molecular complexity index is 2740. The number of Topliss-reactive ketones (excluding diaryl/α,β-unsaturated/α-hetero) is 1. The fraction of sp³-hybridized carbons (Fsp3) is 0.292. The van der Waals surface area contributed by atoms with E-state index in [0.717, 1.165) is 28.7 Å². The number of hydrogen-bond donors (Lipinski definition) is 5. The zero-order valence-corrected chi connectivity index (χ0v) is 36.9. The van der Waals surface area contributed by atoms with E-state index < -0.39 is 37.4 Å². The largest absolute Gasteiger partial charge is 0.478 e. The van der Waals surface area contributed by atoms with Crippen molar-refractivity contribution in [1.29, 1.82) is 0 Å². The van der Waals surface area contributed by atoms with E-state index in [2.05, 4.69) is 14.8 Å². The van der Waals surface area contributed by atoms with E-state index in [1.165, 1.54) is 31.2 Å². The zero-order chi connectivity index (χ0) is 45.6. The van der Waals surface area contributed by atoms with E-state index in [9.17, 15) is 46.2 Å². The Morgan fingerprint density at radius 1 is 0.651 bits per heavy atom. The maximum atomic E-state index is 13.1. The highest BCUT2D eigenvalue weighted by Crippen LogP contribution is 2.64. The average Bonchev–Trinajstić information content (AvgIpc) is 3.57. The number of benzene rings is 5. The number of amides is 1. The van der Waals surface area contributed by atoms with Crippen molar-refractivity contribution in [2.45, 2.75) is 70.6 Å². The van der Waals surface area contributed by atoms with Crippen LogP contribution in [0.25, 0.3) is 0 Å². The summed E-state index contributed by atoms with van der Waals surface area (Å²) in [6.07, 6.45) is 4.32. The first-order valence-corrected chi connectivity index (χ1v) is 23.7. The molecule has 0 aromatic heterocycles. The number of anilines is 3. The molecule has 2 unspecified atom stereocenters. The van der Waals surface area contributed by atoms with Gasteiger partial charge in [-0.1, -0.05) is 74.5 Å². The molecule has 2 bridgehead atoms. The molecule has 7 rings (SSSR count). The second kappa shape index (κ2) is 19.0. The number of sulfonamides is 2. The van der Waals surface area contributed by atoms with Gasteiger partial charge in [-0.05, 0) is 133 Å². The van der Waals surface area contributed by atoms with E-state index in [1.807, 2.05) is 32.0 Å². The molecule has 0 aliphatic heterocycles. The van der Waals surface area contributed by atoms with Gasteiger partial charge in [0.15, 0.2) is 0 Å². The van der Waals surface area contributed by atoms with Crippen molar-refractivity contribution in [2.75, 3.05) is 20.5 Å². The number of rotatable bonds is 16. The van der Waals surface area contributed by atoms with Gasteiger partial charge < -0.3 is 15.5 Å². The molecule has 2 saturated carbocycles. The number of carboxylic acid groups (broad SMARTS) is 2. The van der Waals surface area contributed by atoms with Crippen LogP contribution >= 0.6 is 0 Å². The number of nitrogens with one attached hydrogen (secondary N) is 3. The highest BCUT2D eigenvalue weighted by atomic mass is 32.2. The van der Waals surface area contributed by atoms with Gasteiger partial charge in [-0.15, -0.1) is 0 Å². The second-order valence-corrected chi connectivity index (χ2v) is 20.1. The number of aryl methyl sites for hydroxylation is 4. The molecule has 0 spiro atoms. The van der Waals surface area contributed by atoms with E-state index in [1.54, 1.807) is 78.9 Å². The quantitative estimate of drug-likeness (QED) is 0.0640. The molecule has 5 aromatic rings. The number of aromatic carboxylic acids is 2. The highest BCUT2D eigenvalue weighted by Gasteiger charge is 2.65. The molecule has 15 heteroatoms. The van der Waals surface area contributed by atoms with Crippen molar-refractivity contribution in [2.24, 2.45) is 16.7 Å². The molecule has 0 heterocycles. The van der Waals surface area contributed by atoms with Crippen LogP contribution in [0.4, 0.5) is 17.1 Å². The van der Waals surface area contributed by atoms with Gasteiger partial charge >= 0.3 is 11.9 Å². The third kappa shape index (κ3) is 11.0. The van der Waals surface area contributed by atoms with Crippen molar-refractivity contribution in [1.82, 2.24) is 0 Å². The van der Waals surface area contributed by atoms with Gasteiger partial charge in [-0.3, -0.25) is 19.0 Å². The summed E-state index contributed by atoms with van der Waals surface area (Å²) in [7, 11) is -7.49. The fourth-order valence-electron chi connectivity index (χ4n) is 8.76. The highest BCUT2D eigenvalue weighted by molar-refractivity contribution is 7.93. The van der Waals surface area contributed by atoms with Gasteiger partial charge in [0.2, 0.25) is 15.9 Å². The number of ketones is 1. The van der Waals surface area contributed by atoms with Crippen LogP contribution < -0.4 is 14.8 Å². The Hall–Kier alpha value is -6.32. The van der Waals surface area contributed by atoms with Crippen LogP contribution in [0.3, 0.4) is 0 Å². The van der Waals surface area contributed by atoms with Gasteiger partial charge in [0.1, 0.15) is 5.78 Å². The van der Waals surface area contributed by atoms with Crippen molar-refractivity contribution in [3.05, 3.63) is 155 Å². The van der Waals surface area contributed by atoms with E-state index in [4.69, 9.17) is 0 Å². The second-order valence-electron chi connectivity index (χ2n) is 16.7. The topological polar surface area (TPSA) is 213 Å². The Labute approximate surface area is 368 Å². The molecule has 2 fully saturated rings. The summed E-state index contributed by atoms with van der Waals surface area (Å²) in [5.74, 6) is -1.98. The lowest BCUT2D eigenvalue weighted by Gasteiger charge is -2.36. The summed E-state index contributed by atoms with van der Waals surface area (Å²) in [4.78, 5) is 46.6. The number of carbonyl (C=O) groups is 4. The summed E-state index contributed by atoms with van der Waals surface area (Å²) in [6.45, 7) is 5.43. The fourth-order valence-corrected chi connectivity index (χ4v) is 11.7. The molecule has 2 atom stereocenters. The van der Waals surface area contributed by atoms with Gasteiger partial charge in [0.25, 0.3) is 10.0 Å². The van der Waals surface area contributed by atoms with Crippen LogP contribution in [-0.4, -0.2) is 56.4 Å². The lowest BCUT2D eigenvalue weighted by molar-refractivity contribution is -0.128. The van der Waals surface area contributed by atoms with Crippen LogP contribution in [-0.2, 0) is 55.3 Å². The summed E-state index contributed by atoms with van der Waals surface area (Å²) < 4.78 is 56.5. The summed E-state index contributed by atoms with van der Waals surface area (Å²) in [6, 6.07) is 33.8. The lowest BCUT2D eigenvalue weighted by Crippen LogP contribution is -2.43. The van der Waals surface area contributed by atoms with Crippen LogP contribution in [0.5, 0.6) is 0 Å². The number of carboxylic acids is 2. The van der Waals surface area contributed by atoms with Crippen LogP contribution in [0.2, 0.25) is 0 Å². The SMILES string of the molecule is CC(=O)Nc1ccc(S(=O)(=O)Nc2ccc(CCc3ccccc3C(=O)O)cc2)cc1.CC1(C)C2CCC1(CS(=O)(=O)Nc1cccc(CCc3ccccc3C(=O)O)c1)C(=O)C2.